The van der Waals surface area contributed by atoms with Crippen LogP contribution < -0.4 is 0 Å². The van der Waals surface area contributed by atoms with Crippen molar-refractivity contribution in [2.24, 2.45) is 0 Å². The summed E-state index contributed by atoms with van der Waals surface area (Å²) < 4.78 is 26.4. The smallest absolute Gasteiger partial charge is 0.246 e. The predicted molar refractivity (Wildman–Crippen MR) is 73.3 cm³/mol. The molecule has 0 aliphatic carbocycles. The number of nitrogens with zero attached hydrogens (tertiary/aromatic N) is 4. The zero-order valence-electron chi connectivity index (χ0n) is 11.7. The van der Waals surface area contributed by atoms with Crippen molar-refractivity contribution in [3.63, 3.8) is 0 Å². The minimum absolute atomic E-state index is 0.129. The molecule has 0 bridgehead atoms. The van der Waals surface area contributed by atoms with Crippen LogP contribution in [0, 0.1) is 18.3 Å². The third kappa shape index (κ3) is 2.70. The third-order valence-corrected chi connectivity index (χ3v) is 5.66. The fourth-order valence-corrected chi connectivity index (χ4v) is 3.97. The molecule has 0 spiro atoms. The van der Waals surface area contributed by atoms with Gasteiger partial charge in [0.25, 0.3) is 0 Å². The molecule has 7 nitrogen and oxygen atoms in total. The highest BCUT2D eigenvalue weighted by molar-refractivity contribution is 7.89. The van der Waals surface area contributed by atoms with Gasteiger partial charge in [-0.25, -0.2) is 8.42 Å². The molecule has 20 heavy (non-hydrogen) atoms. The van der Waals surface area contributed by atoms with Gasteiger partial charge in [0.05, 0.1) is 24.0 Å². The molecule has 1 saturated heterocycles. The van der Waals surface area contributed by atoms with Crippen molar-refractivity contribution in [2.45, 2.75) is 31.2 Å². The van der Waals surface area contributed by atoms with E-state index in [2.05, 4.69) is 16.3 Å². The monoisotopic (exact) mass is 297 g/mol. The van der Waals surface area contributed by atoms with Crippen LogP contribution in [-0.4, -0.2) is 60.0 Å². The van der Waals surface area contributed by atoms with Crippen molar-refractivity contribution in [1.29, 1.82) is 5.26 Å². The number of sulfonamides is 1. The molecule has 110 valence electrons. The van der Waals surface area contributed by atoms with Gasteiger partial charge in [-0.15, -0.1) is 0 Å². The van der Waals surface area contributed by atoms with Gasteiger partial charge in [-0.3, -0.25) is 10.00 Å². The first-order valence-corrected chi connectivity index (χ1v) is 8.08. The van der Waals surface area contributed by atoms with Crippen LogP contribution in [-0.2, 0) is 10.0 Å². The summed E-state index contributed by atoms with van der Waals surface area (Å²) in [7, 11) is -3.48. The summed E-state index contributed by atoms with van der Waals surface area (Å²) in [5.41, 5.74) is 0.552. The largest absolute Gasteiger partial charge is 0.285 e. The van der Waals surface area contributed by atoms with Gasteiger partial charge >= 0.3 is 0 Å². The van der Waals surface area contributed by atoms with E-state index in [1.165, 1.54) is 10.5 Å². The van der Waals surface area contributed by atoms with Crippen molar-refractivity contribution < 1.29 is 8.42 Å². The van der Waals surface area contributed by atoms with Crippen molar-refractivity contribution in [3.8, 4) is 6.07 Å². The van der Waals surface area contributed by atoms with E-state index in [9.17, 15) is 8.42 Å². The van der Waals surface area contributed by atoms with E-state index < -0.39 is 10.0 Å². The van der Waals surface area contributed by atoms with E-state index in [0.717, 1.165) is 6.42 Å². The molecule has 0 aromatic carbocycles. The van der Waals surface area contributed by atoms with Crippen molar-refractivity contribution in [1.82, 2.24) is 19.4 Å². The summed E-state index contributed by atoms with van der Waals surface area (Å²) in [4.78, 5) is 2.27. The van der Waals surface area contributed by atoms with Crippen LogP contribution in [0.2, 0.25) is 0 Å². The Morgan fingerprint density at radius 3 is 2.55 bits per heavy atom. The molecule has 1 aliphatic rings. The molecule has 1 aromatic rings. The Balaban J connectivity index is 2.08. The van der Waals surface area contributed by atoms with Crippen LogP contribution in [0.4, 0.5) is 0 Å². The van der Waals surface area contributed by atoms with E-state index in [0.29, 0.717) is 31.9 Å². The van der Waals surface area contributed by atoms with Crippen LogP contribution in [0.3, 0.4) is 0 Å². The molecule has 1 fully saturated rings. The van der Waals surface area contributed by atoms with Crippen molar-refractivity contribution >= 4 is 10.0 Å². The highest BCUT2D eigenvalue weighted by atomic mass is 32.2. The van der Waals surface area contributed by atoms with Crippen LogP contribution in [0.5, 0.6) is 0 Å². The fourth-order valence-electron chi connectivity index (χ4n) is 2.43. The number of nitrogens with one attached hydrogen (secondary N) is 1. The first-order chi connectivity index (χ1) is 9.50. The quantitative estimate of drug-likeness (QED) is 0.864. The van der Waals surface area contributed by atoms with E-state index in [4.69, 9.17) is 5.26 Å². The van der Waals surface area contributed by atoms with Gasteiger partial charge in [0.15, 0.2) is 0 Å². The number of rotatable bonds is 4. The minimum atomic E-state index is -3.48. The summed E-state index contributed by atoms with van der Waals surface area (Å²) >= 11 is 0. The molecule has 1 aliphatic heterocycles. The summed E-state index contributed by atoms with van der Waals surface area (Å²) in [5, 5.41) is 15.5. The second kappa shape index (κ2) is 5.91. The fraction of sp³-hybridized carbons (Fsp3) is 0.667. The first kappa shape index (κ1) is 15.0. The number of H-pyrrole nitrogens is 1. The standard InChI is InChI=1S/C12H19N5O2S/c1-3-11(8-13)16-4-6-17(7-5-16)20(18,19)12-9-14-15-10(12)2/h9,11H,3-7H2,1-2H3,(H,14,15). The van der Waals surface area contributed by atoms with Gasteiger partial charge < -0.3 is 0 Å². The average Bonchev–Trinajstić information content (AvgIpc) is 2.88. The zero-order chi connectivity index (χ0) is 14.8. The Morgan fingerprint density at radius 2 is 2.10 bits per heavy atom. The molecule has 2 rings (SSSR count). The molecule has 1 unspecified atom stereocenters. The molecule has 1 atom stereocenters. The van der Waals surface area contributed by atoms with Crippen LogP contribution >= 0.6 is 0 Å². The lowest BCUT2D eigenvalue weighted by Crippen LogP contribution is -2.51. The maximum Gasteiger partial charge on any atom is 0.246 e. The number of aromatic amines is 1. The van der Waals surface area contributed by atoms with E-state index >= 15 is 0 Å². The highest BCUT2D eigenvalue weighted by Crippen LogP contribution is 2.20. The van der Waals surface area contributed by atoms with Crippen molar-refractivity contribution in [3.05, 3.63) is 11.9 Å². The number of nitriles is 1. The summed E-state index contributed by atoms with van der Waals surface area (Å²) in [6, 6.07) is 2.13. The summed E-state index contributed by atoms with van der Waals surface area (Å²) in [6.07, 6.45) is 2.10. The molecule has 0 amide bonds. The number of hydrogen-bond donors (Lipinski definition) is 1. The Hall–Kier alpha value is -1.43. The van der Waals surface area contributed by atoms with E-state index in [1.54, 1.807) is 6.92 Å². The maximum atomic E-state index is 12.5. The number of piperazine rings is 1. The minimum Gasteiger partial charge on any atom is -0.285 e. The Bertz CT molecular complexity index is 596. The number of aromatic nitrogens is 2. The average molecular weight is 297 g/mol. The second-order valence-corrected chi connectivity index (χ2v) is 6.76. The van der Waals surface area contributed by atoms with Crippen LogP contribution in [0.1, 0.15) is 19.0 Å². The topological polar surface area (TPSA) is 93.1 Å². The Labute approximate surface area is 119 Å². The van der Waals surface area contributed by atoms with Crippen LogP contribution in [0.15, 0.2) is 11.1 Å². The predicted octanol–water partition coefficient (Wildman–Crippen LogP) is 0.327. The maximum absolute atomic E-state index is 12.5. The molecule has 0 saturated carbocycles. The van der Waals surface area contributed by atoms with E-state index in [-0.39, 0.29) is 10.9 Å². The number of aryl methyl sites for hydroxylation is 1. The lowest BCUT2D eigenvalue weighted by atomic mass is 10.2. The number of hydrogen-bond acceptors (Lipinski definition) is 5. The van der Waals surface area contributed by atoms with Gasteiger partial charge in [-0.05, 0) is 13.3 Å². The Morgan fingerprint density at radius 1 is 1.45 bits per heavy atom. The Kier molecular flexibility index (Phi) is 4.42. The van der Waals surface area contributed by atoms with Crippen LogP contribution in [0.25, 0.3) is 0 Å². The molecule has 1 N–H and O–H groups in total. The SMILES string of the molecule is CCC(C#N)N1CCN(S(=O)(=O)c2cn[nH]c2C)CC1. The summed E-state index contributed by atoms with van der Waals surface area (Å²) in [5.74, 6) is 0. The van der Waals surface area contributed by atoms with Gasteiger partial charge in [-0.2, -0.15) is 14.7 Å². The van der Waals surface area contributed by atoms with E-state index in [1.807, 2.05) is 11.8 Å². The summed E-state index contributed by atoms with van der Waals surface area (Å²) in [6.45, 7) is 5.64. The molecular weight excluding hydrogens is 278 g/mol. The lowest BCUT2D eigenvalue weighted by Gasteiger charge is -2.35. The van der Waals surface area contributed by atoms with Gasteiger partial charge in [-0.1, -0.05) is 6.92 Å². The van der Waals surface area contributed by atoms with Gasteiger partial charge in [0, 0.05) is 26.2 Å². The molecule has 0 radical (unpaired) electrons. The molecular formula is C12H19N5O2S. The second-order valence-electron chi connectivity index (χ2n) is 4.85. The van der Waals surface area contributed by atoms with Gasteiger partial charge in [0.1, 0.15) is 4.90 Å². The zero-order valence-corrected chi connectivity index (χ0v) is 12.5. The molecule has 1 aromatic heterocycles. The van der Waals surface area contributed by atoms with Gasteiger partial charge in [0.2, 0.25) is 10.0 Å². The normalized spacial score (nSPS) is 19.6. The van der Waals surface area contributed by atoms with Crippen molar-refractivity contribution in [2.75, 3.05) is 26.2 Å². The lowest BCUT2D eigenvalue weighted by molar-refractivity contribution is 0.159. The molecule has 2 heterocycles. The third-order valence-electron chi connectivity index (χ3n) is 3.65. The first-order valence-electron chi connectivity index (χ1n) is 6.64. The highest BCUT2D eigenvalue weighted by Gasteiger charge is 2.32. The molecule has 8 heteroatoms.